The predicted octanol–water partition coefficient (Wildman–Crippen LogP) is 3.83. The topological polar surface area (TPSA) is 88.0 Å². The molecule has 21 heavy (non-hydrogen) atoms. The van der Waals surface area contributed by atoms with E-state index in [1.54, 1.807) is 12.1 Å². The largest absolute Gasteiger partial charge is 0.478 e. The molecule has 0 amide bonds. The Morgan fingerprint density at radius 2 is 1.67 bits per heavy atom. The van der Waals surface area contributed by atoms with E-state index < -0.39 is 5.97 Å². The van der Waals surface area contributed by atoms with E-state index in [2.05, 4.69) is 26.8 Å². The first-order chi connectivity index (χ1) is 9.92. The van der Waals surface area contributed by atoms with Gasteiger partial charge in [-0.05, 0) is 35.3 Å². The highest BCUT2D eigenvalue weighted by Crippen LogP contribution is 2.23. The number of aromatic nitrogens is 3. The zero-order valence-corrected chi connectivity index (χ0v) is 12.7. The Morgan fingerprint density at radius 3 is 2.14 bits per heavy atom. The van der Waals surface area contributed by atoms with Crippen molar-refractivity contribution in [1.29, 1.82) is 0 Å². The van der Waals surface area contributed by atoms with Crippen LogP contribution >= 0.6 is 34.8 Å². The first-order valence-electron chi connectivity index (χ1n) is 5.36. The quantitative estimate of drug-likeness (QED) is 0.820. The lowest BCUT2D eigenvalue weighted by Crippen LogP contribution is -1.99. The van der Waals surface area contributed by atoms with Crippen LogP contribution in [0, 0.1) is 0 Å². The van der Waals surface area contributed by atoms with E-state index in [1.807, 2.05) is 12.1 Å². The summed E-state index contributed by atoms with van der Waals surface area (Å²) in [5.74, 6) is -0.733. The molecule has 6 nitrogen and oxygen atoms in total. The van der Waals surface area contributed by atoms with Crippen LogP contribution in [0.1, 0.15) is 0 Å². The van der Waals surface area contributed by atoms with Gasteiger partial charge in [-0.1, -0.05) is 30.3 Å². The van der Waals surface area contributed by atoms with Crippen molar-refractivity contribution in [3.8, 4) is 0 Å². The number of anilines is 2. The van der Waals surface area contributed by atoms with Gasteiger partial charge < -0.3 is 10.4 Å². The third-order valence-corrected chi connectivity index (χ3v) is 2.54. The number of hydrogen-bond donors (Lipinski definition) is 2. The summed E-state index contributed by atoms with van der Waals surface area (Å²) in [6, 6.07) is 7.18. The van der Waals surface area contributed by atoms with Crippen molar-refractivity contribution in [1.82, 2.24) is 15.0 Å². The molecule has 0 bridgehead atoms. The normalized spacial score (nSPS) is 9.29. The summed E-state index contributed by atoms with van der Waals surface area (Å²) in [5, 5.41) is 11.1. The Hall–Kier alpha value is -1.89. The summed E-state index contributed by atoms with van der Waals surface area (Å²) in [6.45, 7) is 2.96. The van der Waals surface area contributed by atoms with Gasteiger partial charge in [0.15, 0.2) is 0 Å². The molecule has 0 aliphatic rings. The summed E-state index contributed by atoms with van der Waals surface area (Å²) >= 11 is 17.2. The minimum atomic E-state index is -0.981. The number of nitrogens with one attached hydrogen (secondary N) is 1. The minimum Gasteiger partial charge on any atom is -0.478 e. The maximum Gasteiger partial charge on any atom is 0.327 e. The number of halogens is 3. The molecule has 0 radical (unpaired) electrons. The number of carboxylic acids is 1. The van der Waals surface area contributed by atoms with Crippen LogP contribution in [0.25, 0.3) is 0 Å². The molecule has 110 valence electrons. The molecule has 0 unspecified atom stereocenters. The van der Waals surface area contributed by atoms with E-state index in [9.17, 15) is 4.79 Å². The lowest BCUT2D eigenvalue weighted by atomic mass is 10.3. The first kappa shape index (κ1) is 17.2. The molecule has 0 aliphatic heterocycles. The van der Waals surface area contributed by atoms with E-state index >= 15 is 0 Å². The molecule has 0 saturated heterocycles. The van der Waals surface area contributed by atoms with Crippen LogP contribution in [0.4, 0.5) is 11.6 Å². The van der Waals surface area contributed by atoms with Crippen LogP contribution in [0.2, 0.25) is 15.6 Å². The second-order valence-corrected chi connectivity index (χ2v) is 4.43. The lowest BCUT2D eigenvalue weighted by Gasteiger charge is -2.06. The Bertz CT molecular complexity index is 632. The molecule has 0 aliphatic carbocycles. The number of rotatable bonds is 3. The average molecular weight is 348 g/mol. The van der Waals surface area contributed by atoms with Gasteiger partial charge >= 0.3 is 5.97 Å². The van der Waals surface area contributed by atoms with E-state index in [4.69, 9.17) is 39.9 Å². The van der Waals surface area contributed by atoms with Gasteiger partial charge in [0.05, 0.1) is 10.7 Å². The van der Waals surface area contributed by atoms with E-state index in [0.717, 1.165) is 6.08 Å². The van der Waals surface area contributed by atoms with Crippen LogP contribution in [-0.4, -0.2) is 26.0 Å². The van der Waals surface area contributed by atoms with Gasteiger partial charge in [-0.15, -0.1) is 0 Å². The van der Waals surface area contributed by atoms with Gasteiger partial charge in [0.1, 0.15) is 0 Å². The maximum absolute atomic E-state index is 9.25. The van der Waals surface area contributed by atoms with Crippen molar-refractivity contribution in [3.63, 3.8) is 0 Å². The Balaban J connectivity index is 0.000000383. The molecule has 0 saturated carbocycles. The fourth-order valence-corrected chi connectivity index (χ4v) is 1.61. The second kappa shape index (κ2) is 8.41. The number of carbonyl (C=O) groups is 1. The number of carboxylic acid groups (broad SMARTS) is 1. The number of benzene rings is 1. The van der Waals surface area contributed by atoms with Crippen LogP contribution in [0.3, 0.4) is 0 Å². The summed E-state index contributed by atoms with van der Waals surface area (Å²) in [6.07, 6.45) is 0.833. The lowest BCUT2D eigenvalue weighted by molar-refractivity contribution is -0.131. The molecule has 1 aromatic carbocycles. The van der Waals surface area contributed by atoms with Crippen molar-refractivity contribution >= 4 is 52.4 Å². The summed E-state index contributed by atoms with van der Waals surface area (Å²) in [5.41, 5.74) is 0.669. The van der Waals surface area contributed by atoms with Gasteiger partial charge in [0.2, 0.25) is 16.5 Å². The molecule has 0 fully saturated rings. The fraction of sp³-hybridized carbons (Fsp3) is 0. The number of aliphatic carboxylic acids is 1. The van der Waals surface area contributed by atoms with Crippen LogP contribution in [0.5, 0.6) is 0 Å². The number of para-hydroxylation sites is 1. The molecular weight excluding hydrogens is 339 g/mol. The highest BCUT2D eigenvalue weighted by atomic mass is 35.5. The fourth-order valence-electron chi connectivity index (χ4n) is 1.06. The minimum absolute atomic E-state index is 0.0227. The van der Waals surface area contributed by atoms with Crippen molar-refractivity contribution < 1.29 is 9.90 Å². The standard InChI is InChI=1S/C9H5Cl3N4.C3H4O2/c10-5-3-1-2-4-6(5)13-9-15-7(11)14-8(12)16-9;1-2-3(4)5/h1-4H,(H,13,14,15,16);2H,1H2,(H,4,5). The van der Waals surface area contributed by atoms with Crippen molar-refractivity contribution in [2.24, 2.45) is 0 Å². The Kier molecular flexibility index (Phi) is 6.87. The van der Waals surface area contributed by atoms with E-state index in [1.165, 1.54) is 0 Å². The molecule has 0 atom stereocenters. The molecular formula is C12H9Cl3N4O2. The second-order valence-electron chi connectivity index (χ2n) is 3.34. The Labute approximate surface area is 135 Å². The van der Waals surface area contributed by atoms with Crippen LogP contribution < -0.4 is 5.32 Å². The van der Waals surface area contributed by atoms with Crippen molar-refractivity contribution in [3.05, 3.63) is 52.5 Å². The molecule has 2 rings (SSSR count). The van der Waals surface area contributed by atoms with Crippen molar-refractivity contribution in [2.45, 2.75) is 0 Å². The highest BCUT2D eigenvalue weighted by molar-refractivity contribution is 6.33. The molecule has 9 heteroatoms. The SMILES string of the molecule is C=CC(=O)O.Clc1nc(Cl)nc(Nc2ccccc2Cl)n1. The number of hydrogen-bond acceptors (Lipinski definition) is 5. The third kappa shape index (κ3) is 6.40. The molecule has 0 spiro atoms. The van der Waals surface area contributed by atoms with E-state index in [0.29, 0.717) is 10.7 Å². The average Bonchev–Trinajstić information content (AvgIpc) is 2.41. The van der Waals surface area contributed by atoms with Gasteiger partial charge in [0.25, 0.3) is 0 Å². The molecule has 2 N–H and O–H groups in total. The van der Waals surface area contributed by atoms with Crippen molar-refractivity contribution in [2.75, 3.05) is 5.32 Å². The van der Waals surface area contributed by atoms with Gasteiger partial charge in [0, 0.05) is 6.08 Å². The van der Waals surface area contributed by atoms with Gasteiger partial charge in [-0.3, -0.25) is 0 Å². The summed E-state index contributed by atoms with van der Waals surface area (Å²) in [4.78, 5) is 20.6. The van der Waals surface area contributed by atoms with Crippen LogP contribution in [-0.2, 0) is 4.79 Å². The number of nitrogens with zero attached hydrogens (tertiary/aromatic N) is 3. The predicted molar refractivity (Wildman–Crippen MR) is 82.4 cm³/mol. The third-order valence-electron chi connectivity index (χ3n) is 1.88. The zero-order chi connectivity index (χ0) is 15.8. The molecule has 1 aromatic heterocycles. The maximum atomic E-state index is 9.25. The first-order valence-corrected chi connectivity index (χ1v) is 6.49. The molecule has 2 aromatic rings. The molecule has 1 heterocycles. The highest BCUT2D eigenvalue weighted by Gasteiger charge is 2.05. The summed E-state index contributed by atoms with van der Waals surface area (Å²) in [7, 11) is 0. The smallest absolute Gasteiger partial charge is 0.327 e. The monoisotopic (exact) mass is 346 g/mol. The van der Waals surface area contributed by atoms with Crippen LogP contribution in [0.15, 0.2) is 36.9 Å². The van der Waals surface area contributed by atoms with Gasteiger partial charge in [-0.2, -0.15) is 15.0 Å². The summed E-state index contributed by atoms with van der Waals surface area (Å²) < 4.78 is 0. The van der Waals surface area contributed by atoms with Gasteiger partial charge in [-0.25, -0.2) is 4.79 Å². The zero-order valence-electron chi connectivity index (χ0n) is 10.4. The van der Waals surface area contributed by atoms with E-state index in [-0.39, 0.29) is 16.5 Å². The Morgan fingerprint density at radius 1 is 1.14 bits per heavy atom.